The third kappa shape index (κ3) is 10.7. The smallest absolute Gasteiger partial charge is 0.328 e. The number of rotatable bonds is 13. The summed E-state index contributed by atoms with van der Waals surface area (Å²) in [7, 11) is 1.52. The fraction of sp³-hybridized carbons (Fsp3) is 0.462. The first-order valence-electron chi connectivity index (χ1n) is 24.3. The van der Waals surface area contributed by atoms with Crippen molar-refractivity contribution >= 4 is 46.3 Å². The number of nitrogens with zero attached hydrogens (tertiary/aromatic N) is 6. The number of halogens is 1. The number of aromatic nitrogens is 3. The molecule has 4 saturated heterocycles. The highest BCUT2D eigenvalue weighted by Crippen LogP contribution is 2.37. The number of carbonyl (C=O) groups is 4. The molecule has 4 N–H and O–H groups in total. The van der Waals surface area contributed by atoms with E-state index in [4.69, 9.17) is 9.47 Å². The van der Waals surface area contributed by atoms with E-state index in [2.05, 4.69) is 44.3 Å². The van der Waals surface area contributed by atoms with Crippen molar-refractivity contribution in [2.45, 2.75) is 77.9 Å². The van der Waals surface area contributed by atoms with Gasteiger partial charge in [0.15, 0.2) is 0 Å². The second-order valence-electron chi connectivity index (χ2n) is 19.4. The van der Waals surface area contributed by atoms with Crippen LogP contribution in [0.25, 0.3) is 33.5 Å². The molecule has 5 aromatic rings. The van der Waals surface area contributed by atoms with Gasteiger partial charge in [0.05, 0.1) is 24.6 Å². The fourth-order valence-corrected chi connectivity index (χ4v) is 10.4. The van der Waals surface area contributed by atoms with Gasteiger partial charge in [-0.2, -0.15) is 0 Å². The van der Waals surface area contributed by atoms with Gasteiger partial charge in [-0.25, -0.2) is 23.9 Å². The molecule has 4 aliphatic rings. The molecule has 0 aliphatic carbocycles. The molecule has 0 unspecified atom stereocenters. The van der Waals surface area contributed by atoms with E-state index >= 15 is 4.39 Å². The molecule has 0 radical (unpaired) electrons. The van der Waals surface area contributed by atoms with Crippen LogP contribution < -0.4 is 25.0 Å². The quantitative estimate of drug-likeness (QED) is 0.0907. The number of aromatic amines is 1. The number of benzene rings is 3. The van der Waals surface area contributed by atoms with E-state index in [1.165, 1.54) is 30.5 Å². The van der Waals surface area contributed by atoms with E-state index in [0.29, 0.717) is 76.6 Å². The van der Waals surface area contributed by atoms with E-state index in [1.54, 1.807) is 23.1 Å². The van der Waals surface area contributed by atoms with Gasteiger partial charge in [-0.1, -0.05) is 13.8 Å². The van der Waals surface area contributed by atoms with Crippen molar-refractivity contribution in [2.24, 2.45) is 17.8 Å². The lowest BCUT2D eigenvalue weighted by Gasteiger charge is -2.35. The number of aliphatic hydroxyl groups is 1. The van der Waals surface area contributed by atoms with Crippen molar-refractivity contribution in [3.05, 3.63) is 83.9 Å². The summed E-state index contributed by atoms with van der Waals surface area (Å²) in [5.41, 5.74) is 5.42. The third-order valence-corrected chi connectivity index (χ3v) is 14.3. The van der Waals surface area contributed by atoms with E-state index in [9.17, 15) is 24.3 Å². The number of hydrogen-bond acceptors (Lipinski definition) is 10. The number of amides is 6. The molecule has 0 saturated carbocycles. The SMILES string of the molecule is COc1ccc(C(=O)N2CCC(CCN3CCC(Oc4ccc(-c5cc6c(-c7cc(F)cc(NC(=O)N8C[C@H](CC(C)C)[C@@H](O)C8)c7C)ncnc6[nH]5)cc4)CC3)CC2)cc1N1CCC(=O)NC1=O. The minimum Gasteiger partial charge on any atom is -0.495 e. The van der Waals surface area contributed by atoms with Gasteiger partial charge in [0.25, 0.3) is 5.91 Å². The molecule has 364 valence electrons. The molecular formula is C52H62FN9O7. The number of methoxy groups -OCH3 is 1. The number of anilines is 2. The number of piperidine rings is 2. The molecule has 4 fully saturated rings. The summed E-state index contributed by atoms with van der Waals surface area (Å²) < 4.78 is 27.2. The van der Waals surface area contributed by atoms with Crippen LogP contribution in [0.2, 0.25) is 0 Å². The monoisotopic (exact) mass is 943 g/mol. The van der Waals surface area contributed by atoms with E-state index < -0.39 is 18.0 Å². The number of nitrogens with one attached hydrogen (secondary N) is 3. The fourth-order valence-electron chi connectivity index (χ4n) is 10.4. The molecule has 17 heteroatoms. The molecule has 6 heterocycles. The number of likely N-dealkylation sites (tertiary alicyclic amines) is 3. The zero-order valence-electron chi connectivity index (χ0n) is 39.8. The summed E-state index contributed by atoms with van der Waals surface area (Å²) in [4.78, 5) is 71.1. The van der Waals surface area contributed by atoms with E-state index in [0.717, 1.165) is 80.6 Å². The van der Waals surface area contributed by atoms with Crippen LogP contribution in [0, 0.1) is 30.5 Å². The minimum absolute atomic E-state index is 0.00632. The summed E-state index contributed by atoms with van der Waals surface area (Å²) in [6.45, 7) is 11.2. The Balaban J connectivity index is 0.747. The average Bonchev–Trinajstić information content (AvgIpc) is 3.95. The highest BCUT2D eigenvalue weighted by Gasteiger charge is 2.35. The number of urea groups is 2. The maximum atomic E-state index is 15.2. The van der Waals surface area contributed by atoms with Crippen molar-refractivity contribution in [2.75, 3.05) is 69.7 Å². The standard InChI is InChI=1S/C52H62FN9O7/c1-31(2)23-36-28-61(29-45(36)63)51(66)57-42-26-37(53)25-40(32(42)3)48-41-27-43(56-49(41)55-30-54-48)34-5-8-38(9-6-34)69-39-14-18-59(19-15-39)17-11-33-12-20-60(21-13-33)50(65)35-7-10-46(68-4)44(24-35)62-22-16-47(64)58-52(62)67/h5-10,24-27,30-31,33,36,39,45,63H,11-23,28-29H2,1-4H3,(H,57,66)(H,54,55,56)(H,58,64,67)/t36-,45-/m0/s1. The van der Waals surface area contributed by atoms with Crippen LogP contribution >= 0.6 is 0 Å². The zero-order chi connectivity index (χ0) is 48.3. The van der Waals surface area contributed by atoms with Crippen LogP contribution in [-0.4, -0.2) is 130 Å². The Labute approximate surface area is 401 Å². The van der Waals surface area contributed by atoms with Crippen molar-refractivity contribution < 1.29 is 38.1 Å². The maximum absolute atomic E-state index is 15.2. The predicted octanol–water partition coefficient (Wildman–Crippen LogP) is 7.85. The lowest BCUT2D eigenvalue weighted by atomic mass is 9.92. The maximum Gasteiger partial charge on any atom is 0.328 e. The largest absolute Gasteiger partial charge is 0.495 e. The highest BCUT2D eigenvalue weighted by molar-refractivity contribution is 6.07. The van der Waals surface area contributed by atoms with Gasteiger partial charge in [-0.3, -0.25) is 19.8 Å². The van der Waals surface area contributed by atoms with E-state index in [1.807, 2.05) is 42.2 Å². The Morgan fingerprint density at radius 1 is 0.928 bits per heavy atom. The Bertz CT molecular complexity index is 2690. The molecule has 0 bridgehead atoms. The first-order chi connectivity index (χ1) is 33.3. The second kappa shape index (κ2) is 20.6. The van der Waals surface area contributed by atoms with Gasteiger partial charge in [0.2, 0.25) is 5.91 Å². The molecule has 0 spiro atoms. The van der Waals surface area contributed by atoms with Crippen LogP contribution in [0.15, 0.2) is 67.0 Å². The summed E-state index contributed by atoms with van der Waals surface area (Å²) in [5, 5.41) is 16.5. The van der Waals surface area contributed by atoms with Gasteiger partial charge in [0.1, 0.15) is 35.4 Å². The van der Waals surface area contributed by atoms with Crippen LogP contribution in [0.1, 0.15) is 74.7 Å². The molecule has 3 aromatic carbocycles. The van der Waals surface area contributed by atoms with Gasteiger partial charge in [0, 0.05) is 86.0 Å². The lowest BCUT2D eigenvalue weighted by molar-refractivity contribution is -0.120. The number of ether oxygens (including phenoxy) is 2. The number of hydrogen-bond donors (Lipinski definition) is 4. The minimum atomic E-state index is -0.589. The van der Waals surface area contributed by atoms with Gasteiger partial charge < -0.3 is 39.6 Å². The number of β-amino-alcohol motifs (C(OH)–C–C–N with tert-alkyl or cyclic N) is 1. The van der Waals surface area contributed by atoms with Crippen LogP contribution in [0.3, 0.4) is 0 Å². The van der Waals surface area contributed by atoms with Gasteiger partial charge in [-0.05, 0) is 136 Å². The van der Waals surface area contributed by atoms with Crippen molar-refractivity contribution in [1.29, 1.82) is 0 Å². The van der Waals surface area contributed by atoms with Crippen molar-refractivity contribution in [3.63, 3.8) is 0 Å². The Hall–Kier alpha value is -6.59. The summed E-state index contributed by atoms with van der Waals surface area (Å²) in [6.07, 6.45) is 6.80. The van der Waals surface area contributed by atoms with E-state index in [-0.39, 0.29) is 49.4 Å². The summed E-state index contributed by atoms with van der Waals surface area (Å²) in [5.74, 6) is 1.31. The first-order valence-corrected chi connectivity index (χ1v) is 24.3. The van der Waals surface area contributed by atoms with Crippen LogP contribution in [0.5, 0.6) is 11.5 Å². The van der Waals surface area contributed by atoms with Gasteiger partial charge >= 0.3 is 12.1 Å². The Morgan fingerprint density at radius 2 is 1.70 bits per heavy atom. The topological polar surface area (TPSA) is 186 Å². The Kier molecular flexibility index (Phi) is 14.1. The lowest BCUT2D eigenvalue weighted by Crippen LogP contribution is -2.49. The first kappa shape index (κ1) is 47.5. The Morgan fingerprint density at radius 3 is 2.42 bits per heavy atom. The average molecular weight is 944 g/mol. The third-order valence-electron chi connectivity index (χ3n) is 14.3. The molecule has 69 heavy (non-hydrogen) atoms. The normalized spacial score (nSPS) is 19.7. The van der Waals surface area contributed by atoms with Crippen LogP contribution in [0.4, 0.5) is 25.4 Å². The molecular weight excluding hydrogens is 882 g/mol. The summed E-state index contributed by atoms with van der Waals surface area (Å²) >= 11 is 0. The molecule has 6 amide bonds. The van der Waals surface area contributed by atoms with Crippen molar-refractivity contribution in [3.8, 4) is 34.0 Å². The number of fused-ring (bicyclic) bond motifs is 1. The molecule has 4 aliphatic heterocycles. The second-order valence-corrected chi connectivity index (χ2v) is 19.4. The molecule has 9 rings (SSSR count). The number of carbonyl (C=O) groups excluding carboxylic acids is 4. The van der Waals surface area contributed by atoms with Crippen molar-refractivity contribution in [1.82, 2.24) is 35.0 Å². The van der Waals surface area contributed by atoms with Gasteiger partial charge in [-0.15, -0.1) is 0 Å². The highest BCUT2D eigenvalue weighted by atomic mass is 19.1. The number of aliphatic hydroxyl groups excluding tert-OH is 1. The molecule has 2 aromatic heterocycles. The van der Waals surface area contributed by atoms with Crippen LogP contribution in [-0.2, 0) is 4.79 Å². The number of imide groups is 1. The number of H-pyrrole nitrogens is 1. The molecule has 2 atom stereocenters. The summed E-state index contributed by atoms with van der Waals surface area (Å²) in [6, 6.07) is 16.9. The predicted molar refractivity (Wildman–Crippen MR) is 261 cm³/mol. The zero-order valence-corrected chi connectivity index (χ0v) is 39.8. The molecule has 16 nitrogen and oxygen atoms in total.